The fraction of sp³-hybridized carbons (Fsp3) is 0.684. The Labute approximate surface area is 136 Å². The number of phenolic OH excluding ortho intramolecular Hbond substituents is 1. The third kappa shape index (κ3) is 2.01. The molecule has 0 saturated heterocycles. The summed E-state index contributed by atoms with van der Waals surface area (Å²) in [5, 5.41) is 10.7. The van der Waals surface area contributed by atoms with Gasteiger partial charge in [0.2, 0.25) is 0 Å². The van der Waals surface area contributed by atoms with Crippen LogP contribution in [0.4, 0.5) is 0 Å². The van der Waals surface area contributed by atoms with E-state index in [4.69, 9.17) is 0 Å². The second-order valence-corrected chi connectivity index (χ2v) is 9.91. The van der Waals surface area contributed by atoms with Gasteiger partial charge in [-0.1, -0.05) is 19.9 Å². The van der Waals surface area contributed by atoms with Gasteiger partial charge in [-0.25, -0.2) is 0 Å². The molecule has 0 radical (unpaired) electrons. The zero-order chi connectivity index (χ0) is 15.0. The first-order chi connectivity index (χ1) is 9.73. The molecule has 2 heteroatoms. The first-order valence-corrected chi connectivity index (χ1v) is 9.02. The van der Waals surface area contributed by atoms with Crippen molar-refractivity contribution in [3.05, 3.63) is 27.7 Å². The van der Waals surface area contributed by atoms with Gasteiger partial charge in [0.1, 0.15) is 5.75 Å². The summed E-state index contributed by atoms with van der Waals surface area (Å²) in [6, 6.07) is 4.28. The lowest BCUT2D eigenvalue weighted by Crippen LogP contribution is -2.56. The Balaban J connectivity index is 1.88. The molecule has 1 aromatic rings. The minimum atomic E-state index is 0.210. The van der Waals surface area contributed by atoms with E-state index in [9.17, 15) is 5.11 Å². The second kappa shape index (κ2) is 4.07. The van der Waals surface area contributed by atoms with Gasteiger partial charge in [-0.2, -0.15) is 0 Å². The van der Waals surface area contributed by atoms with Crippen LogP contribution in [0.1, 0.15) is 63.5 Å². The smallest absolute Gasteiger partial charge is 0.133 e. The lowest BCUT2D eigenvalue weighted by atomic mass is 9.39. The van der Waals surface area contributed by atoms with Gasteiger partial charge in [-0.05, 0) is 89.8 Å². The summed E-state index contributed by atoms with van der Waals surface area (Å²) in [6.45, 7) is 7.12. The molecule has 0 amide bonds. The summed E-state index contributed by atoms with van der Waals surface area (Å²) in [6.07, 6.45) is 7.98. The third-order valence-electron chi connectivity index (χ3n) is 6.41. The number of hydrogen-bond acceptors (Lipinski definition) is 1. The molecule has 21 heavy (non-hydrogen) atoms. The number of rotatable bonds is 1. The first kappa shape index (κ1) is 14.1. The molecule has 0 aliphatic heterocycles. The molecule has 1 aromatic carbocycles. The van der Waals surface area contributed by atoms with Gasteiger partial charge in [-0.15, -0.1) is 0 Å². The number of aryl methyl sites for hydroxylation is 1. The van der Waals surface area contributed by atoms with Gasteiger partial charge < -0.3 is 5.11 Å². The molecule has 0 spiro atoms. The summed E-state index contributed by atoms with van der Waals surface area (Å²) < 4.78 is 0.864. The molecule has 1 N–H and O–H groups in total. The van der Waals surface area contributed by atoms with Crippen molar-refractivity contribution >= 4 is 15.9 Å². The Hall–Kier alpha value is -0.500. The highest BCUT2D eigenvalue weighted by atomic mass is 79.9. The summed E-state index contributed by atoms with van der Waals surface area (Å²) >= 11 is 3.55. The third-order valence-corrected chi connectivity index (χ3v) is 7.01. The highest BCUT2D eigenvalue weighted by Gasteiger charge is 2.61. The van der Waals surface area contributed by atoms with Crippen molar-refractivity contribution in [2.24, 2.45) is 16.7 Å². The molecular weight excluding hydrogens is 324 g/mol. The van der Waals surface area contributed by atoms with Crippen LogP contribution in [0.2, 0.25) is 0 Å². The van der Waals surface area contributed by atoms with E-state index in [2.05, 4.69) is 42.8 Å². The molecule has 4 aliphatic carbocycles. The van der Waals surface area contributed by atoms with Crippen LogP contribution in [0, 0.1) is 23.7 Å². The zero-order valence-corrected chi connectivity index (χ0v) is 14.9. The van der Waals surface area contributed by atoms with E-state index < -0.39 is 0 Å². The second-order valence-electron chi connectivity index (χ2n) is 9.05. The molecule has 4 saturated carbocycles. The van der Waals surface area contributed by atoms with E-state index in [1.54, 1.807) is 0 Å². The van der Waals surface area contributed by atoms with Gasteiger partial charge in [-0.3, -0.25) is 0 Å². The Morgan fingerprint density at radius 3 is 2.24 bits per heavy atom. The summed E-state index contributed by atoms with van der Waals surface area (Å²) in [5.41, 5.74) is 3.64. The van der Waals surface area contributed by atoms with Crippen molar-refractivity contribution in [2.75, 3.05) is 0 Å². The van der Waals surface area contributed by atoms with Crippen LogP contribution < -0.4 is 0 Å². The Bertz CT molecular complexity index is 602. The maximum Gasteiger partial charge on any atom is 0.133 e. The Kier molecular flexibility index (Phi) is 2.73. The van der Waals surface area contributed by atoms with Crippen molar-refractivity contribution in [1.29, 1.82) is 0 Å². The monoisotopic (exact) mass is 348 g/mol. The lowest BCUT2D eigenvalue weighted by molar-refractivity contribution is -0.110. The highest BCUT2D eigenvalue weighted by Crippen LogP contribution is 2.70. The van der Waals surface area contributed by atoms with Crippen LogP contribution >= 0.6 is 15.9 Å². The maximum absolute atomic E-state index is 10.7. The molecule has 5 rings (SSSR count). The van der Waals surface area contributed by atoms with Gasteiger partial charge >= 0.3 is 0 Å². The van der Waals surface area contributed by atoms with Crippen molar-refractivity contribution in [1.82, 2.24) is 0 Å². The van der Waals surface area contributed by atoms with E-state index in [0.29, 0.717) is 16.6 Å². The fourth-order valence-corrected chi connectivity index (χ4v) is 7.46. The molecule has 4 aliphatic rings. The van der Waals surface area contributed by atoms with Crippen molar-refractivity contribution in [2.45, 2.75) is 64.7 Å². The SMILES string of the molecule is Cc1cc(Br)c(O)c(C23CC4CC(C)(CC(C)(C4)C2)C3)c1. The average molecular weight is 349 g/mol. The topological polar surface area (TPSA) is 20.2 Å². The van der Waals surface area contributed by atoms with Gasteiger partial charge in [0.05, 0.1) is 4.47 Å². The lowest BCUT2D eigenvalue weighted by Gasteiger charge is -2.65. The molecule has 0 aromatic heterocycles. The highest BCUT2D eigenvalue weighted by molar-refractivity contribution is 9.10. The molecule has 4 bridgehead atoms. The van der Waals surface area contributed by atoms with Crippen molar-refractivity contribution < 1.29 is 5.11 Å². The normalized spacial score (nSPS) is 44.3. The molecule has 1 nitrogen and oxygen atoms in total. The summed E-state index contributed by atoms with van der Waals surface area (Å²) in [7, 11) is 0. The average Bonchev–Trinajstić information content (AvgIpc) is 2.28. The number of hydrogen-bond donors (Lipinski definition) is 1. The fourth-order valence-electron chi connectivity index (χ4n) is 6.89. The quantitative estimate of drug-likeness (QED) is 0.688. The van der Waals surface area contributed by atoms with E-state index in [-0.39, 0.29) is 5.41 Å². The van der Waals surface area contributed by atoms with Gasteiger partial charge in [0, 0.05) is 11.0 Å². The predicted molar refractivity (Wildman–Crippen MR) is 89.6 cm³/mol. The van der Waals surface area contributed by atoms with Crippen LogP contribution in [0.3, 0.4) is 0 Å². The molecule has 2 atom stereocenters. The number of halogens is 1. The van der Waals surface area contributed by atoms with E-state index in [1.165, 1.54) is 49.7 Å². The molecule has 0 heterocycles. The standard InChI is InChI=1S/C19H25BrO/c1-12-4-14(16(21)15(20)5-12)19-8-13-6-17(2,10-19)9-18(3,7-13)11-19/h4-5,13,21H,6-11H2,1-3H3. The number of aromatic hydroxyl groups is 1. The minimum Gasteiger partial charge on any atom is -0.506 e. The molecule has 4 fully saturated rings. The van der Waals surface area contributed by atoms with Crippen LogP contribution in [0.5, 0.6) is 5.75 Å². The van der Waals surface area contributed by atoms with Crippen molar-refractivity contribution in [3.63, 3.8) is 0 Å². The Morgan fingerprint density at radius 1 is 1.05 bits per heavy atom. The minimum absolute atomic E-state index is 0.210. The number of benzene rings is 1. The van der Waals surface area contributed by atoms with Crippen molar-refractivity contribution in [3.8, 4) is 5.75 Å². The van der Waals surface area contributed by atoms with E-state index >= 15 is 0 Å². The molecule has 114 valence electrons. The van der Waals surface area contributed by atoms with E-state index in [0.717, 1.165) is 10.4 Å². The zero-order valence-electron chi connectivity index (χ0n) is 13.3. The molecule has 2 unspecified atom stereocenters. The molecular formula is C19H25BrO. The van der Waals surface area contributed by atoms with Gasteiger partial charge in [0.15, 0.2) is 0 Å². The van der Waals surface area contributed by atoms with Crippen LogP contribution in [-0.4, -0.2) is 5.11 Å². The van der Waals surface area contributed by atoms with Gasteiger partial charge in [0.25, 0.3) is 0 Å². The maximum atomic E-state index is 10.7. The largest absolute Gasteiger partial charge is 0.506 e. The van der Waals surface area contributed by atoms with Crippen LogP contribution in [-0.2, 0) is 5.41 Å². The van der Waals surface area contributed by atoms with Crippen LogP contribution in [0.25, 0.3) is 0 Å². The van der Waals surface area contributed by atoms with Crippen LogP contribution in [0.15, 0.2) is 16.6 Å². The first-order valence-electron chi connectivity index (χ1n) is 8.22. The van der Waals surface area contributed by atoms with E-state index in [1.807, 2.05) is 6.07 Å². The predicted octanol–water partition coefficient (Wildman–Crippen LogP) is 5.71. The summed E-state index contributed by atoms with van der Waals surface area (Å²) in [4.78, 5) is 0. The number of phenols is 1. The Morgan fingerprint density at radius 2 is 1.67 bits per heavy atom. The summed E-state index contributed by atoms with van der Waals surface area (Å²) in [5.74, 6) is 1.35.